The second kappa shape index (κ2) is 7.35. The molecule has 4 aromatic heterocycles. The van der Waals surface area contributed by atoms with Crippen molar-refractivity contribution in [1.82, 2.24) is 34.9 Å². The van der Waals surface area contributed by atoms with Gasteiger partial charge in [-0.15, -0.1) is 0 Å². The Hall–Kier alpha value is -4.01. The Morgan fingerprint density at radius 2 is 1.97 bits per heavy atom. The molecule has 9 heteroatoms. The minimum Gasteiger partial charge on any atom is -0.484 e. The zero-order valence-corrected chi connectivity index (χ0v) is 17.7. The van der Waals surface area contributed by atoms with Crippen molar-refractivity contribution in [3.8, 4) is 17.0 Å². The SMILES string of the molecule is CC(Oc1ccc2[nH]nc(-c3cnn(C)c3)c2c1)c1nc(N(C)C)cc2nccnc12. The maximum Gasteiger partial charge on any atom is 0.140 e. The van der Waals surface area contributed by atoms with Crippen molar-refractivity contribution in [3.05, 3.63) is 54.7 Å². The van der Waals surface area contributed by atoms with Gasteiger partial charge in [0.2, 0.25) is 0 Å². The molecule has 5 rings (SSSR count). The monoisotopic (exact) mass is 414 g/mol. The number of benzene rings is 1. The quantitative estimate of drug-likeness (QED) is 0.470. The van der Waals surface area contributed by atoms with Gasteiger partial charge in [0, 0.05) is 56.7 Å². The molecule has 4 heterocycles. The molecule has 156 valence electrons. The van der Waals surface area contributed by atoms with Crippen molar-refractivity contribution in [2.24, 2.45) is 7.05 Å². The lowest BCUT2D eigenvalue weighted by molar-refractivity contribution is 0.224. The molecule has 0 bridgehead atoms. The number of aryl methyl sites for hydroxylation is 1. The Morgan fingerprint density at radius 1 is 1.13 bits per heavy atom. The number of H-pyrrole nitrogens is 1. The molecule has 0 fully saturated rings. The van der Waals surface area contributed by atoms with E-state index in [9.17, 15) is 0 Å². The van der Waals surface area contributed by atoms with Gasteiger partial charge in [0.1, 0.15) is 34.6 Å². The van der Waals surface area contributed by atoms with Crippen LogP contribution in [-0.4, -0.2) is 49.0 Å². The predicted octanol–water partition coefficient (Wildman–Crippen LogP) is 3.51. The number of fused-ring (bicyclic) bond motifs is 2. The summed E-state index contributed by atoms with van der Waals surface area (Å²) in [6.07, 6.45) is 6.77. The largest absolute Gasteiger partial charge is 0.484 e. The van der Waals surface area contributed by atoms with Crippen LogP contribution in [0.3, 0.4) is 0 Å². The Morgan fingerprint density at radius 3 is 2.74 bits per heavy atom. The van der Waals surface area contributed by atoms with Gasteiger partial charge in [0.25, 0.3) is 0 Å². The standard InChI is InChI=1S/C22H22N8O/c1-13(20-22-18(23-7-8-24-22)10-19(26-20)29(2)3)31-15-5-6-17-16(9-15)21(28-27-17)14-11-25-30(4)12-14/h5-13H,1-4H3,(H,27,28). The first-order chi connectivity index (χ1) is 15.0. The summed E-state index contributed by atoms with van der Waals surface area (Å²) in [6.45, 7) is 1.97. The summed E-state index contributed by atoms with van der Waals surface area (Å²) < 4.78 is 8.06. The number of rotatable bonds is 5. The van der Waals surface area contributed by atoms with E-state index >= 15 is 0 Å². The Bertz CT molecular complexity index is 1390. The minimum absolute atomic E-state index is 0.328. The highest BCUT2D eigenvalue weighted by molar-refractivity contribution is 5.93. The smallest absolute Gasteiger partial charge is 0.140 e. The molecule has 0 saturated heterocycles. The van der Waals surface area contributed by atoms with Crippen LogP contribution in [0, 0.1) is 0 Å². The number of nitrogens with one attached hydrogen (secondary N) is 1. The van der Waals surface area contributed by atoms with Crippen molar-refractivity contribution in [2.75, 3.05) is 19.0 Å². The maximum atomic E-state index is 6.31. The molecule has 5 aromatic rings. The summed E-state index contributed by atoms with van der Waals surface area (Å²) in [5, 5.41) is 12.8. The van der Waals surface area contributed by atoms with Gasteiger partial charge in [-0.3, -0.25) is 19.7 Å². The molecular weight excluding hydrogens is 392 g/mol. The Labute approximate surface area is 178 Å². The van der Waals surface area contributed by atoms with Crippen LogP contribution in [0.2, 0.25) is 0 Å². The molecule has 9 nitrogen and oxygen atoms in total. The molecule has 0 spiro atoms. The molecule has 0 aliphatic carbocycles. The maximum absolute atomic E-state index is 6.31. The summed E-state index contributed by atoms with van der Waals surface area (Å²) in [6, 6.07) is 7.80. The zero-order valence-electron chi connectivity index (χ0n) is 17.7. The molecular formula is C22H22N8O. The van der Waals surface area contributed by atoms with Gasteiger partial charge in [-0.05, 0) is 25.1 Å². The topological polar surface area (TPSA) is 97.6 Å². The Balaban J connectivity index is 1.53. The molecule has 1 atom stereocenters. The molecule has 0 radical (unpaired) electrons. The highest BCUT2D eigenvalue weighted by Crippen LogP contribution is 2.32. The highest BCUT2D eigenvalue weighted by Gasteiger charge is 2.18. The third kappa shape index (κ3) is 3.43. The lowest BCUT2D eigenvalue weighted by Gasteiger charge is -2.19. The van der Waals surface area contributed by atoms with Crippen LogP contribution < -0.4 is 9.64 Å². The number of aromatic amines is 1. The van der Waals surface area contributed by atoms with Gasteiger partial charge in [-0.1, -0.05) is 0 Å². The van der Waals surface area contributed by atoms with E-state index in [2.05, 4.69) is 25.3 Å². The van der Waals surface area contributed by atoms with E-state index in [0.717, 1.165) is 50.5 Å². The van der Waals surface area contributed by atoms with Gasteiger partial charge in [-0.2, -0.15) is 10.2 Å². The number of nitrogens with zero attached hydrogens (tertiary/aromatic N) is 7. The van der Waals surface area contributed by atoms with Gasteiger partial charge in [0.15, 0.2) is 0 Å². The fraction of sp³-hybridized carbons (Fsp3) is 0.227. The number of hydrogen-bond acceptors (Lipinski definition) is 7. The van der Waals surface area contributed by atoms with Crippen LogP contribution in [0.15, 0.2) is 49.1 Å². The summed E-state index contributed by atoms with van der Waals surface area (Å²) >= 11 is 0. The second-order valence-electron chi connectivity index (χ2n) is 7.63. The third-order valence-corrected chi connectivity index (χ3v) is 5.14. The van der Waals surface area contributed by atoms with E-state index in [-0.39, 0.29) is 6.10 Å². The van der Waals surface area contributed by atoms with E-state index in [1.54, 1.807) is 23.3 Å². The first-order valence-corrected chi connectivity index (χ1v) is 9.92. The summed E-state index contributed by atoms with van der Waals surface area (Å²) in [5.41, 5.74) is 4.99. The number of anilines is 1. The molecule has 0 aliphatic heterocycles. The number of pyridine rings is 1. The molecule has 1 unspecified atom stereocenters. The number of aromatic nitrogens is 7. The molecule has 0 saturated carbocycles. The van der Waals surface area contributed by atoms with Gasteiger partial charge < -0.3 is 9.64 Å². The third-order valence-electron chi connectivity index (χ3n) is 5.14. The van der Waals surface area contributed by atoms with Crippen LogP contribution in [0.25, 0.3) is 33.2 Å². The van der Waals surface area contributed by atoms with E-state index in [1.807, 2.05) is 63.4 Å². The van der Waals surface area contributed by atoms with Crippen molar-refractivity contribution < 1.29 is 4.74 Å². The summed E-state index contributed by atoms with van der Waals surface area (Å²) in [4.78, 5) is 15.7. The molecule has 1 aromatic carbocycles. The summed E-state index contributed by atoms with van der Waals surface area (Å²) in [7, 11) is 5.79. The van der Waals surface area contributed by atoms with E-state index in [4.69, 9.17) is 9.72 Å². The molecule has 0 aliphatic rings. The first-order valence-electron chi connectivity index (χ1n) is 9.92. The van der Waals surface area contributed by atoms with Gasteiger partial charge in [0.05, 0.1) is 17.2 Å². The van der Waals surface area contributed by atoms with Crippen molar-refractivity contribution in [3.63, 3.8) is 0 Å². The molecule has 1 N–H and O–H groups in total. The molecule has 0 amide bonds. The van der Waals surface area contributed by atoms with E-state index < -0.39 is 0 Å². The number of ether oxygens (including phenoxy) is 1. The normalized spacial score (nSPS) is 12.4. The second-order valence-corrected chi connectivity index (χ2v) is 7.63. The van der Waals surface area contributed by atoms with Crippen molar-refractivity contribution in [2.45, 2.75) is 13.0 Å². The van der Waals surface area contributed by atoms with Gasteiger partial charge in [-0.25, -0.2) is 4.98 Å². The van der Waals surface area contributed by atoms with Crippen molar-refractivity contribution >= 4 is 27.8 Å². The average Bonchev–Trinajstić information content (AvgIpc) is 3.38. The van der Waals surface area contributed by atoms with Crippen LogP contribution in [0.4, 0.5) is 5.82 Å². The van der Waals surface area contributed by atoms with E-state index in [0.29, 0.717) is 0 Å². The summed E-state index contributed by atoms with van der Waals surface area (Å²) in [5.74, 6) is 1.53. The Kier molecular flexibility index (Phi) is 4.50. The van der Waals surface area contributed by atoms with Crippen molar-refractivity contribution in [1.29, 1.82) is 0 Å². The first kappa shape index (κ1) is 19.0. The predicted molar refractivity (Wildman–Crippen MR) is 119 cm³/mol. The van der Waals surface area contributed by atoms with Gasteiger partial charge >= 0.3 is 0 Å². The van der Waals surface area contributed by atoms with Crippen LogP contribution >= 0.6 is 0 Å². The fourth-order valence-corrected chi connectivity index (χ4v) is 3.59. The highest BCUT2D eigenvalue weighted by atomic mass is 16.5. The zero-order chi connectivity index (χ0) is 21.5. The minimum atomic E-state index is -0.328. The van der Waals surface area contributed by atoms with Crippen LogP contribution in [-0.2, 0) is 7.05 Å². The van der Waals surface area contributed by atoms with Crippen LogP contribution in [0.5, 0.6) is 5.75 Å². The number of hydrogen-bond donors (Lipinski definition) is 1. The van der Waals surface area contributed by atoms with Crippen LogP contribution in [0.1, 0.15) is 18.7 Å². The van der Waals surface area contributed by atoms with E-state index in [1.165, 1.54) is 0 Å². The fourth-order valence-electron chi connectivity index (χ4n) is 3.59. The molecule has 31 heavy (non-hydrogen) atoms. The lowest BCUT2D eigenvalue weighted by atomic mass is 10.1. The lowest BCUT2D eigenvalue weighted by Crippen LogP contribution is -2.14. The average molecular weight is 414 g/mol.